The zero-order valence-electron chi connectivity index (χ0n) is 13.5. The maximum Gasteiger partial charge on any atom is 0.268 e. The molecule has 1 heterocycles. The number of imide groups is 1. The highest BCUT2D eigenvalue weighted by Gasteiger charge is 2.38. The number of hydrogen-bond acceptors (Lipinski definition) is 4. The molecule has 0 bridgehead atoms. The van der Waals surface area contributed by atoms with Crippen LogP contribution in [0.5, 0.6) is 5.75 Å². The highest BCUT2D eigenvalue weighted by Crippen LogP contribution is 2.36. The van der Waals surface area contributed by atoms with Crippen LogP contribution in [0.4, 0.5) is 0 Å². The molecular weight excluding hydrogens is 310 g/mol. The van der Waals surface area contributed by atoms with Gasteiger partial charge in [0.2, 0.25) is 0 Å². The van der Waals surface area contributed by atoms with E-state index in [2.05, 4.69) is 6.58 Å². The Hall–Kier alpha value is -2.01. The second-order valence-corrected chi connectivity index (χ2v) is 6.29. The minimum absolute atomic E-state index is 0.229. The van der Waals surface area contributed by atoms with E-state index in [4.69, 9.17) is 4.74 Å². The lowest BCUT2D eigenvalue weighted by atomic mass is 10.1. The van der Waals surface area contributed by atoms with E-state index < -0.39 is 0 Å². The van der Waals surface area contributed by atoms with E-state index >= 15 is 0 Å². The molecule has 23 heavy (non-hydrogen) atoms. The van der Waals surface area contributed by atoms with E-state index in [1.807, 2.05) is 38.1 Å². The van der Waals surface area contributed by atoms with Crippen molar-refractivity contribution in [1.82, 2.24) is 4.90 Å². The summed E-state index contributed by atoms with van der Waals surface area (Å²) in [6.45, 7) is 8.51. The van der Waals surface area contributed by atoms with Crippen LogP contribution in [-0.2, 0) is 9.59 Å². The van der Waals surface area contributed by atoms with Crippen molar-refractivity contribution in [3.63, 3.8) is 0 Å². The number of benzene rings is 1. The van der Waals surface area contributed by atoms with Gasteiger partial charge >= 0.3 is 0 Å². The molecule has 0 atom stereocenters. The van der Waals surface area contributed by atoms with Crippen LogP contribution in [0.2, 0.25) is 0 Å². The number of thioether (sulfide) groups is 1. The van der Waals surface area contributed by atoms with Crippen LogP contribution >= 0.6 is 11.8 Å². The molecule has 1 aromatic carbocycles. The van der Waals surface area contributed by atoms with Crippen molar-refractivity contribution in [3.05, 3.63) is 47.4 Å². The Morgan fingerprint density at radius 1 is 1.17 bits per heavy atom. The van der Waals surface area contributed by atoms with Crippen molar-refractivity contribution >= 4 is 29.1 Å². The quantitative estimate of drug-likeness (QED) is 0.540. The Kier molecular flexibility index (Phi) is 6.04. The molecule has 122 valence electrons. The van der Waals surface area contributed by atoms with Gasteiger partial charge in [-0.25, -0.2) is 0 Å². The van der Waals surface area contributed by atoms with Crippen molar-refractivity contribution in [3.8, 4) is 5.75 Å². The number of ether oxygens (including phenoxy) is 1. The first-order chi connectivity index (χ1) is 11.1. The zero-order valence-corrected chi connectivity index (χ0v) is 14.3. The SMILES string of the molecule is C=CCN1C(=O)C(SCC)=C(c2ccc(OCCC)cc2)C1=O. The Morgan fingerprint density at radius 3 is 2.43 bits per heavy atom. The third kappa shape index (κ3) is 3.67. The van der Waals surface area contributed by atoms with Crippen molar-refractivity contribution < 1.29 is 14.3 Å². The van der Waals surface area contributed by atoms with Gasteiger partial charge in [-0.2, -0.15) is 0 Å². The molecule has 0 aromatic heterocycles. The number of rotatable bonds is 8. The summed E-state index contributed by atoms with van der Waals surface area (Å²) < 4.78 is 5.56. The molecule has 0 radical (unpaired) electrons. The summed E-state index contributed by atoms with van der Waals surface area (Å²) in [5.41, 5.74) is 1.22. The molecule has 4 nitrogen and oxygen atoms in total. The summed E-state index contributed by atoms with van der Waals surface area (Å²) in [5.74, 6) is 1.01. The lowest BCUT2D eigenvalue weighted by molar-refractivity contribution is -0.135. The highest BCUT2D eigenvalue weighted by atomic mass is 32.2. The van der Waals surface area contributed by atoms with Crippen LogP contribution in [0.3, 0.4) is 0 Å². The number of hydrogen-bond donors (Lipinski definition) is 0. The monoisotopic (exact) mass is 331 g/mol. The largest absolute Gasteiger partial charge is 0.494 e. The molecule has 0 N–H and O–H groups in total. The summed E-state index contributed by atoms with van der Waals surface area (Å²) in [5, 5.41) is 0. The van der Waals surface area contributed by atoms with Crippen molar-refractivity contribution in [1.29, 1.82) is 0 Å². The second kappa shape index (κ2) is 8.02. The first-order valence-electron chi connectivity index (χ1n) is 7.71. The fraction of sp³-hybridized carbons (Fsp3) is 0.333. The van der Waals surface area contributed by atoms with E-state index in [-0.39, 0.29) is 18.4 Å². The van der Waals surface area contributed by atoms with Crippen LogP contribution in [0.1, 0.15) is 25.8 Å². The van der Waals surface area contributed by atoms with Crippen LogP contribution in [0.25, 0.3) is 5.57 Å². The molecule has 0 unspecified atom stereocenters. The average molecular weight is 331 g/mol. The average Bonchev–Trinajstić information content (AvgIpc) is 2.79. The van der Waals surface area contributed by atoms with Crippen LogP contribution in [0, 0.1) is 0 Å². The van der Waals surface area contributed by atoms with E-state index in [0.29, 0.717) is 17.1 Å². The lowest BCUT2D eigenvalue weighted by Crippen LogP contribution is -2.31. The predicted molar refractivity (Wildman–Crippen MR) is 94.2 cm³/mol. The molecule has 0 saturated carbocycles. The van der Waals surface area contributed by atoms with E-state index in [1.165, 1.54) is 16.7 Å². The maximum absolute atomic E-state index is 12.6. The molecule has 2 amide bonds. The first kappa shape index (κ1) is 17.3. The van der Waals surface area contributed by atoms with Gasteiger partial charge in [0.15, 0.2) is 0 Å². The molecule has 1 aliphatic rings. The smallest absolute Gasteiger partial charge is 0.268 e. The number of nitrogens with zero attached hydrogens (tertiary/aromatic N) is 1. The standard InChI is InChI=1S/C18H21NO3S/c1-4-11-19-17(20)15(16(18(19)21)23-6-3)13-7-9-14(10-8-13)22-12-5-2/h4,7-10H,1,5-6,11-12H2,2-3H3. The fourth-order valence-electron chi connectivity index (χ4n) is 2.32. The maximum atomic E-state index is 12.6. The summed E-state index contributed by atoms with van der Waals surface area (Å²) in [6, 6.07) is 7.33. The number of carbonyl (C=O) groups excluding carboxylic acids is 2. The fourth-order valence-corrected chi connectivity index (χ4v) is 3.19. The van der Waals surface area contributed by atoms with Gasteiger partial charge in [0.1, 0.15) is 5.75 Å². The number of amides is 2. The Bertz CT molecular complexity index is 634. The molecule has 0 saturated heterocycles. The Labute approximate surface area is 141 Å². The molecule has 0 spiro atoms. The Morgan fingerprint density at radius 2 is 1.87 bits per heavy atom. The Balaban J connectivity index is 2.34. The number of carbonyl (C=O) groups is 2. The van der Waals surface area contributed by atoms with Gasteiger partial charge < -0.3 is 4.74 Å². The van der Waals surface area contributed by atoms with E-state index in [9.17, 15) is 9.59 Å². The molecule has 1 aliphatic heterocycles. The van der Waals surface area contributed by atoms with Gasteiger partial charge in [0, 0.05) is 6.54 Å². The molecule has 0 fully saturated rings. The van der Waals surface area contributed by atoms with Crippen molar-refractivity contribution in [2.75, 3.05) is 18.9 Å². The minimum Gasteiger partial charge on any atom is -0.494 e. The van der Waals surface area contributed by atoms with Gasteiger partial charge in [-0.15, -0.1) is 18.3 Å². The second-order valence-electron chi connectivity index (χ2n) is 5.02. The van der Waals surface area contributed by atoms with Crippen molar-refractivity contribution in [2.24, 2.45) is 0 Å². The van der Waals surface area contributed by atoms with Gasteiger partial charge in [-0.05, 0) is 29.9 Å². The van der Waals surface area contributed by atoms with Crippen molar-refractivity contribution in [2.45, 2.75) is 20.3 Å². The van der Waals surface area contributed by atoms with Gasteiger partial charge in [0.25, 0.3) is 11.8 Å². The van der Waals surface area contributed by atoms with Crippen LogP contribution < -0.4 is 4.74 Å². The third-order valence-corrected chi connectivity index (χ3v) is 4.30. The minimum atomic E-state index is -0.256. The summed E-state index contributed by atoms with van der Waals surface area (Å²) in [4.78, 5) is 26.8. The van der Waals surface area contributed by atoms with E-state index in [0.717, 1.165) is 23.5 Å². The third-order valence-electron chi connectivity index (χ3n) is 3.34. The molecule has 5 heteroatoms. The normalized spacial score (nSPS) is 14.6. The summed E-state index contributed by atoms with van der Waals surface area (Å²) in [7, 11) is 0. The highest BCUT2D eigenvalue weighted by molar-refractivity contribution is 8.04. The predicted octanol–water partition coefficient (Wildman–Crippen LogP) is 3.49. The van der Waals surface area contributed by atoms with Gasteiger partial charge in [-0.1, -0.05) is 32.1 Å². The summed E-state index contributed by atoms with van der Waals surface area (Å²) >= 11 is 1.40. The zero-order chi connectivity index (χ0) is 16.8. The first-order valence-corrected chi connectivity index (χ1v) is 8.69. The molecule has 2 rings (SSSR count). The summed E-state index contributed by atoms with van der Waals surface area (Å²) in [6.07, 6.45) is 2.50. The topological polar surface area (TPSA) is 46.6 Å². The molecular formula is C18H21NO3S. The van der Waals surface area contributed by atoms with Crippen LogP contribution in [-0.4, -0.2) is 35.6 Å². The van der Waals surface area contributed by atoms with Gasteiger partial charge in [-0.3, -0.25) is 14.5 Å². The molecule has 0 aliphatic carbocycles. The van der Waals surface area contributed by atoms with Gasteiger partial charge in [0.05, 0.1) is 17.1 Å². The van der Waals surface area contributed by atoms with Crippen LogP contribution in [0.15, 0.2) is 41.8 Å². The van der Waals surface area contributed by atoms with E-state index in [1.54, 1.807) is 6.08 Å². The lowest BCUT2D eigenvalue weighted by Gasteiger charge is -2.12. The molecule has 1 aromatic rings.